The zero-order valence-corrected chi connectivity index (χ0v) is 17.2. The minimum atomic E-state index is -0.503. The van der Waals surface area contributed by atoms with Crippen molar-refractivity contribution in [3.63, 3.8) is 0 Å². The monoisotopic (exact) mass is 458 g/mol. The van der Waals surface area contributed by atoms with E-state index in [9.17, 15) is 14.4 Å². The Labute approximate surface area is 173 Å². The summed E-state index contributed by atoms with van der Waals surface area (Å²) in [5, 5.41) is 0. The third-order valence-electron chi connectivity index (χ3n) is 4.24. The first-order valence-electron chi connectivity index (χ1n) is 7.91. The van der Waals surface area contributed by atoms with Crippen LogP contribution in [-0.4, -0.2) is 22.0 Å². The van der Waals surface area contributed by atoms with E-state index in [1.54, 1.807) is 36.4 Å². The Kier molecular flexibility index (Phi) is 4.49. The number of benzene rings is 2. The Morgan fingerprint density at radius 3 is 2.30 bits per heavy atom. The number of imide groups is 1. The molecule has 134 valence electrons. The van der Waals surface area contributed by atoms with E-state index in [1.807, 2.05) is 12.1 Å². The van der Waals surface area contributed by atoms with Crippen LogP contribution in [0.5, 0.6) is 0 Å². The normalized spacial score (nSPS) is 19.1. The van der Waals surface area contributed by atoms with Crippen molar-refractivity contribution in [2.24, 2.45) is 0 Å². The van der Waals surface area contributed by atoms with Crippen molar-refractivity contribution in [2.75, 3.05) is 9.80 Å². The minimum Gasteiger partial charge on any atom is -0.274 e. The van der Waals surface area contributed by atoms with Crippen molar-refractivity contribution < 1.29 is 14.4 Å². The van der Waals surface area contributed by atoms with Crippen LogP contribution in [0.25, 0.3) is 5.57 Å². The second kappa shape index (κ2) is 6.70. The van der Waals surface area contributed by atoms with Crippen molar-refractivity contribution in [2.45, 2.75) is 6.92 Å². The van der Waals surface area contributed by atoms with Crippen molar-refractivity contribution in [1.82, 2.24) is 0 Å². The van der Waals surface area contributed by atoms with Gasteiger partial charge in [0, 0.05) is 17.0 Å². The Bertz CT molecular complexity index is 1080. The molecule has 1 fully saturated rings. The summed E-state index contributed by atoms with van der Waals surface area (Å²) in [5.74, 6) is -1.28. The smallest absolute Gasteiger partial charge is 0.271 e. The van der Waals surface area contributed by atoms with Gasteiger partial charge in [0.1, 0.15) is 0 Å². The Balaban J connectivity index is 1.89. The van der Waals surface area contributed by atoms with Crippen molar-refractivity contribution in [3.05, 3.63) is 63.5 Å². The van der Waals surface area contributed by atoms with Crippen molar-refractivity contribution in [1.29, 1.82) is 0 Å². The predicted octanol–water partition coefficient (Wildman–Crippen LogP) is 4.12. The summed E-state index contributed by atoms with van der Waals surface area (Å²) in [6.45, 7) is 1.32. The molecule has 5 nitrogen and oxygen atoms in total. The first kappa shape index (κ1) is 18.1. The van der Waals surface area contributed by atoms with E-state index in [2.05, 4.69) is 15.9 Å². The number of amides is 3. The number of fused-ring (bicyclic) bond motifs is 1. The largest absolute Gasteiger partial charge is 0.274 e. The molecule has 2 aliphatic heterocycles. The van der Waals surface area contributed by atoms with E-state index < -0.39 is 11.8 Å². The fourth-order valence-corrected chi connectivity index (χ4v) is 4.93. The molecule has 2 aromatic rings. The number of thiocarbonyl (C=S) groups is 1. The molecule has 0 spiro atoms. The number of halogens is 1. The first-order chi connectivity index (χ1) is 12.9. The number of carbonyl (C=O) groups excluding carboxylic acids is 3. The molecule has 1 saturated heterocycles. The van der Waals surface area contributed by atoms with E-state index >= 15 is 0 Å². The highest BCUT2D eigenvalue weighted by Gasteiger charge is 2.43. The molecule has 0 unspecified atom stereocenters. The molecule has 0 bridgehead atoms. The molecule has 2 heterocycles. The Morgan fingerprint density at radius 2 is 1.63 bits per heavy atom. The van der Waals surface area contributed by atoms with Gasteiger partial charge in [-0.15, -0.1) is 0 Å². The van der Waals surface area contributed by atoms with Gasteiger partial charge in [-0.05, 0) is 34.1 Å². The van der Waals surface area contributed by atoms with Gasteiger partial charge in [-0.2, -0.15) is 0 Å². The van der Waals surface area contributed by atoms with E-state index in [-0.39, 0.29) is 16.4 Å². The summed E-state index contributed by atoms with van der Waals surface area (Å²) in [7, 11) is 0. The molecule has 27 heavy (non-hydrogen) atoms. The van der Waals surface area contributed by atoms with Gasteiger partial charge in [0.2, 0.25) is 5.91 Å². The molecule has 0 N–H and O–H groups in total. The summed E-state index contributed by atoms with van der Waals surface area (Å²) >= 11 is 9.92. The van der Waals surface area contributed by atoms with E-state index in [1.165, 1.54) is 11.8 Å². The van der Waals surface area contributed by atoms with E-state index in [0.29, 0.717) is 21.3 Å². The molecule has 2 aliphatic rings. The zero-order chi connectivity index (χ0) is 19.3. The molecule has 4 rings (SSSR count). The van der Waals surface area contributed by atoms with Gasteiger partial charge < -0.3 is 0 Å². The van der Waals surface area contributed by atoms with Crippen molar-refractivity contribution >= 4 is 78.9 Å². The number of thioether (sulfide) groups is 1. The third kappa shape index (κ3) is 2.75. The standard InChI is InChI=1S/C19H11BrN2O3S2/c1-10(23)21-13-8-4-2-6-11(13)15(17(21)24)16-18(25)22(19(26)27-16)14-9-5-3-7-12(14)20/h2-9H,1H3. The summed E-state index contributed by atoms with van der Waals surface area (Å²) in [6, 6.07) is 14.2. The molecule has 0 radical (unpaired) electrons. The Hall–Kier alpha value is -2.29. The maximum absolute atomic E-state index is 13.2. The number of anilines is 2. The number of carbonyl (C=O) groups is 3. The molecule has 3 amide bonds. The molecule has 2 aromatic carbocycles. The van der Waals surface area contributed by atoms with Gasteiger partial charge in [0.25, 0.3) is 11.8 Å². The lowest BCUT2D eigenvalue weighted by Gasteiger charge is -2.16. The Morgan fingerprint density at radius 1 is 1.00 bits per heavy atom. The number of nitrogens with zero attached hydrogens (tertiary/aromatic N) is 2. The van der Waals surface area contributed by atoms with E-state index in [0.717, 1.165) is 21.1 Å². The zero-order valence-electron chi connectivity index (χ0n) is 13.9. The number of hydrogen-bond donors (Lipinski definition) is 0. The van der Waals surface area contributed by atoms with Crippen LogP contribution in [0, 0.1) is 0 Å². The fourth-order valence-electron chi connectivity index (χ4n) is 3.11. The van der Waals surface area contributed by atoms with Crippen LogP contribution in [0.1, 0.15) is 12.5 Å². The van der Waals surface area contributed by atoms with Crippen LogP contribution < -0.4 is 9.80 Å². The highest BCUT2D eigenvalue weighted by atomic mass is 79.9. The highest BCUT2D eigenvalue weighted by molar-refractivity contribution is 9.10. The lowest BCUT2D eigenvalue weighted by molar-refractivity contribution is -0.122. The van der Waals surface area contributed by atoms with Gasteiger partial charge in [-0.25, -0.2) is 4.90 Å². The quantitative estimate of drug-likeness (QED) is 0.475. The number of para-hydroxylation sites is 2. The maximum Gasteiger partial charge on any atom is 0.271 e. The van der Waals surface area contributed by atoms with Crippen LogP contribution in [0.4, 0.5) is 11.4 Å². The molecule has 0 aliphatic carbocycles. The minimum absolute atomic E-state index is 0.215. The average Bonchev–Trinajstić information content (AvgIpc) is 3.08. The first-order valence-corrected chi connectivity index (χ1v) is 9.93. The van der Waals surface area contributed by atoms with Crippen LogP contribution in [0.3, 0.4) is 0 Å². The van der Waals surface area contributed by atoms with Gasteiger partial charge in [-0.3, -0.25) is 19.3 Å². The molecular formula is C19H11BrN2O3S2. The molecule has 0 saturated carbocycles. The number of hydrogen-bond acceptors (Lipinski definition) is 5. The van der Waals surface area contributed by atoms with Gasteiger partial charge >= 0.3 is 0 Å². The summed E-state index contributed by atoms with van der Waals surface area (Å²) in [6.07, 6.45) is 0. The predicted molar refractivity (Wildman–Crippen MR) is 113 cm³/mol. The van der Waals surface area contributed by atoms with Crippen LogP contribution in [0.2, 0.25) is 0 Å². The highest BCUT2D eigenvalue weighted by Crippen LogP contribution is 2.46. The molecule has 0 aromatic heterocycles. The lowest BCUT2D eigenvalue weighted by atomic mass is 10.1. The van der Waals surface area contributed by atoms with Crippen LogP contribution >= 0.6 is 39.9 Å². The second-order valence-electron chi connectivity index (χ2n) is 5.84. The third-order valence-corrected chi connectivity index (χ3v) is 6.28. The summed E-state index contributed by atoms with van der Waals surface area (Å²) in [4.78, 5) is 40.9. The van der Waals surface area contributed by atoms with Crippen LogP contribution in [-0.2, 0) is 14.4 Å². The van der Waals surface area contributed by atoms with E-state index in [4.69, 9.17) is 12.2 Å². The topological polar surface area (TPSA) is 57.7 Å². The molecule has 8 heteroatoms. The van der Waals surface area contributed by atoms with Crippen LogP contribution in [0.15, 0.2) is 57.9 Å². The molecular weight excluding hydrogens is 448 g/mol. The summed E-state index contributed by atoms with van der Waals surface area (Å²) < 4.78 is 1.05. The second-order valence-corrected chi connectivity index (χ2v) is 8.34. The SMILES string of the molecule is CC(=O)N1C(=O)C(=C2SC(=S)N(c3ccccc3Br)C2=O)c2ccccc21. The van der Waals surface area contributed by atoms with Gasteiger partial charge in [0.05, 0.1) is 21.9 Å². The lowest BCUT2D eigenvalue weighted by Crippen LogP contribution is -2.32. The van der Waals surface area contributed by atoms with Crippen molar-refractivity contribution in [3.8, 4) is 0 Å². The maximum atomic E-state index is 13.2. The average molecular weight is 459 g/mol. The molecule has 0 atom stereocenters. The summed E-state index contributed by atoms with van der Waals surface area (Å²) in [5.41, 5.74) is 1.87. The van der Waals surface area contributed by atoms with Gasteiger partial charge in [0.15, 0.2) is 4.32 Å². The fraction of sp³-hybridized carbons (Fsp3) is 0.0526. The van der Waals surface area contributed by atoms with Gasteiger partial charge in [-0.1, -0.05) is 54.3 Å². The number of rotatable bonds is 1.